The Morgan fingerprint density at radius 1 is 1.21 bits per heavy atom. The molecular weight excluding hydrogens is 238 g/mol. The van der Waals surface area contributed by atoms with Crippen molar-refractivity contribution in [3.05, 3.63) is 0 Å². The SMILES string of the molecule is CC1(C(=O)N2CCC(N3CCCC3)C2)CCCNC1. The molecule has 4 heteroatoms. The maximum absolute atomic E-state index is 12.7. The number of amides is 1. The van der Waals surface area contributed by atoms with Crippen LogP contribution in [0.5, 0.6) is 0 Å². The quantitative estimate of drug-likeness (QED) is 0.811. The highest BCUT2D eigenvalue weighted by Crippen LogP contribution is 2.30. The zero-order valence-corrected chi connectivity index (χ0v) is 12.2. The van der Waals surface area contributed by atoms with Crippen LogP contribution in [0.15, 0.2) is 0 Å². The molecule has 2 unspecified atom stereocenters. The van der Waals surface area contributed by atoms with Crippen molar-refractivity contribution in [2.24, 2.45) is 5.41 Å². The van der Waals surface area contributed by atoms with Crippen LogP contribution in [0.25, 0.3) is 0 Å². The number of rotatable bonds is 2. The molecule has 0 aliphatic carbocycles. The molecule has 0 aromatic carbocycles. The van der Waals surface area contributed by atoms with Gasteiger partial charge in [-0.2, -0.15) is 0 Å². The van der Waals surface area contributed by atoms with Gasteiger partial charge in [0.05, 0.1) is 5.41 Å². The molecule has 3 aliphatic heterocycles. The highest BCUT2D eigenvalue weighted by atomic mass is 16.2. The molecule has 3 aliphatic rings. The molecule has 3 fully saturated rings. The Labute approximate surface area is 116 Å². The highest BCUT2D eigenvalue weighted by Gasteiger charge is 2.41. The van der Waals surface area contributed by atoms with Crippen molar-refractivity contribution in [1.29, 1.82) is 0 Å². The van der Waals surface area contributed by atoms with Crippen LogP contribution in [0.4, 0.5) is 0 Å². The number of piperidine rings is 1. The highest BCUT2D eigenvalue weighted by molar-refractivity contribution is 5.83. The van der Waals surface area contributed by atoms with Gasteiger partial charge in [-0.25, -0.2) is 0 Å². The average molecular weight is 265 g/mol. The molecule has 0 aromatic heterocycles. The Morgan fingerprint density at radius 3 is 2.68 bits per heavy atom. The second-order valence-electron chi connectivity index (χ2n) is 6.78. The second-order valence-corrected chi connectivity index (χ2v) is 6.78. The van der Waals surface area contributed by atoms with Gasteiger partial charge in [-0.05, 0) is 58.7 Å². The van der Waals surface area contributed by atoms with Crippen molar-refractivity contribution >= 4 is 5.91 Å². The molecule has 4 nitrogen and oxygen atoms in total. The van der Waals surface area contributed by atoms with Gasteiger partial charge in [-0.15, -0.1) is 0 Å². The van der Waals surface area contributed by atoms with E-state index in [0.717, 1.165) is 39.0 Å². The van der Waals surface area contributed by atoms with E-state index in [2.05, 4.69) is 22.0 Å². The topological polar surface area (TPSA) is 35.6 Å². The predicted molar refractivity (Wildman–Crippen MR) is 76.0 cm³/mol. The molecule has 2 atom stereocenters. The summed E-state index contributed by atoms with van der Waals surface area (Å²) < 4.78 is 0. The fraction of sp³-hybridized carbons (Fsp3) is 0.933. The summed E-state index contributed by atoms with van der Waals surface area (Å²) in [7, 11) is 0. The van der Waals surface area contributed by atoms with Crippen molar-refractivity contribution in [2.75, 3.05) is 39.3 Å². The van der Waals surface area contributed by atoms with Crippen LogP contribution in [0.2, 0.25) is 0 Å². The summed E-state index contributed by atoms with van der Waals surface area (Å²) in [4.78, 5) is 17.5. The summed E-state index contributed by atoms with van der Waals surface area (Å²) in [6, 6.07) is 0.631. The van der Waals surface area contributed by atoms with Crippen LogP contribution in [0, 0.1) is 5.41 Å². The predicted octanol–water partition coefficient (Wildman–Crippen LogP) is 1.07. The second kappa shape index (κ2) is 5.41. The number of carbonyl (C=O) groups excluding carboxylic acids is 1. The van der Waals surface area contributed by atoms with E-state index in [-0.39, 0.29) is 5.41 Å². The zero-order valence-electron chi connectivity index (χ0n) is 12.2. The molecule has 0 spiro atoms. The Hall–Kier alpha value is -0.610. The standard InChI is InChI=1S/C15H27N3O/c1-15(6-4-7-16-12-15)14(19)18-10-5-13(11-18)17-8-2-3-9-17/h13,16H,2-12H2,1H3. The summed E-state index contributed by atoms with van der Waals surface area (Å²) in [5, 5.41) is 3.39. The summed E-state index contributed by atoms with van der Waals surface area (Å²) in [6.07, 6.45) is 6.03. The van der Waals surface area contributed by atoms with Crippen molar-refractivity contribution in [2.45, 2.75) is 45.1 Å². The molecule has 0 radical (unpaired) electrons. The molecule has 108 valence electrons. The van der Waals surface area contributed by atoms with E-state index in [9.17, 15) is 4.79 Å². The van der Waals surface area contributed by atoms with Crippen molar-refractivity contribution in [1.82, 2.24) is 15.1 Å². The number of hydrogen-bond donors (Lipinski definition) is 1. The lowest BCUT2D eigenvalue weighted by molar-refractivity contribution is -0.141. The first kappa shape index (κ1) is 13.4. The number of hydrogen-bond acceptors (Lipinski definition) is 3. The molecule has 3 saturated heterocycles. The van der Waals surface area contributed by atoms with Gasteiger partial charge < -0.3 is 10.2 Å². The average Bonchev–Trinajstić information content (AvgIpc) is 3.09. The lowest BCUT2D eigenvalue weighted by Crippen LogP contribution is -2.50. The first-order valence-corrected chi connectivity index (χ1v) is 7.93. The molecule has 1 amide bonds. The van der Waals surface area contributed by atoms with Gasteiger partial charge in [-0.1, -0.05) is 0 Å². The van der Waals surface area contributed by atoms with Crippen LogP contribution in [0.1, 0.15) is 39.0 Å². The summed E-state index contributed by atoms with van der Waals surface area (Å²) in [6.45, 7) is 8.49. The molecule has 0 aromatic rings. The van der Waals surface area contributed by atoms with Crippen LogP contribution < -0.4 is 5.32 Å². The van der Waals surface area contributed by atoms with Crippen LogP contribution in [0.3, 0.4) is 0 Å². The maximum Gasteiger partial charge on any atom is 0.229 e. The summed E-state index contributed by atoms with van der Waals surface area (Å²) in [5.41, 5.74) is -0.155. The third kappa shape index (κ3) is 2.65. The molecule has 3 rings (SSSR count). The Bertz CT molecular complexity index is 332. The molecule has 3 heterocycles. The number of nitrogens with one attached hydrogen (secondary N) is 1. The first-order chi connectivity index (χ1) is 9.19. The van der Waals surface area contributed by atoms with Crippen molar-refractivity contribution < 1.29 is 4.79 Å². The molecule has 0 bridgehead atoms. The van der Waals surface area contributed by atoms with Gasteiger partial charge in [-0.3, -0.25) is 9.69 Å². The molecular formula is C15H27N3O. The summed E-state index contributed by atoms with van der Waals surface area (Å²) >= 11 is 0. The number of carbonyl (C=O) groups is 1. The smallest absolute Gasteiger partial charge is 0.229 e. The van der Waals surface area contributed by atoms with E-state index in [0.29, 0.717) is 11.9 Å². The molecule has 1 N–H and O–H groups in total. The largest absolute Gasteiger partial charge is 0.341 e. The first-order valence-electron chi connectivity index (χ1n) is 7.93. The van der Waals surface area contributed by atoms with E-state index in [1.165, 1.54) is 32.4 Å². The van der Waals surface area contributed by atoms with Crippen molar-refractivity contribution in [3.8, 4) is 0 Å². The van der Waals surface area contributed by atoms with E-state index in [1.54, 1.807) is 0 Å². The summed E-state index contributed by atoms with van der Waals surface area (Å²) in [5.74, 6) is 0.390. The lowest BCUT2D eigenvalue weighted by Gasteiger charge is -2.36. The lowest BCUT2D eigenvalue weighted by atomic mass is 9.81. The minimum atomic E-state index is -0.155. The maximum atomic E-state index is 12.7. The van der Waals surface area contributed by atoms with Gasteiger partial charge in [0.25, 0.3) is 0 Å². The van der Waals surface area contributed by atoms with E-state index >= 15 is 0 Å². The van der Waals surface area contributed by atoms with Gasteiger partial charge in [0.2, 0.25) is 5.91 Å². The normalized spacial score (nSPS) is 36.9. The number of nitrogens with zero attached hydrogens (tertiary/aromatic N) is 2. The Morgan fingerprint density at radius 2 is 2.00 bits per heavy atom. The third-order valence-electron chi connectivity index (χ3n) is 5.22. The molecule has 19 heavy (non-hydrogen) atoms. The minimum absolute atomic E-state index is 0.155. The monoisotopic (exact) mass is 265 g/mol. The van der Waals surface area contributed by atoms with Crippen molar-refractivity contribution in [3.63, 3.8) is 0 Å². The van der Waals surface area contributed by atoms with E-state index < -0.39 is 0 Å². The van der Waals surface area contributed by atoms with Gasteiger partial charge in [0, 0.05) is 25.7 Å². The van der Waals surface area contributed by atoms with E-state index in [1.807, 2.05) is 0 Å². The molecule has 0 saturated carbocycles. The number of likely N-dealkylation sites (tertiary alicyclic amines) is 2. The van der Waals surface area contributed by atoms with E-state index in [4.69, 9.17) is 0 Å². The van der Waals surface area contributed by atoms with Gasteiger partial charge in [0.15, 0.2) is 0 Å². The van der Waals surface area contributed by atoms with Gasteiger partial charge >= 0.3 is 0 Å². The van der Waals surface area contributed by atoms with Crippen LogP contribution in [-0.2, 0) is 4.79 Å². The fourth-order valence-corrected chi connectivity index (χ4v) is 3.95. The van der Waals surface area contributed by atoms with Crippen LogP contribution >= 0.6 is 0 Å². The van der Waals surface area contributed by atoms with Crippen LogP contribution in [-0.4, -0.2) is 61.0 Å². The van der Waals surface area contributed by atoms with Gasteiger partial charge in [0.1, 0.15) is 0 Å². The fourth-order valence-electron chi connectivity index (χ4n) is 3.95. The zero-order chi connectivity index (χ0) is 13.3. The third-order valence-corrected chi connectivity index (χ3v) is 5.22. The minimum Gasteiger partial charge on any atom is -0.341 e. The Balaban J connectivity index is 1.59. The Kier molecular flexibility index (Phi) is 3.81.